The van der Waals surface area contributed by atoms with Gasteiger partial charge in [0.1, 0.15) is 5.69 Å². The Morgan fingerprint density at radius 1 is 1.48 bits per heavy atom. The number of anilines is 1. The van der Waals surface area contributed by atoms with Gasteiger partial charge in [-0.15, -0.1) is 11.3 Å². The molecule has 0 aliphatic carbocycles. The van der Waals surface area contributed by atoms with Crippen LogP contribution in [0, 0.1) is 6.92 Å². The van der Waals surface area contributed by atoms with Gasteiger partial charge in [0.2, 0.25) is 5.13 Å². The van der Waals surface area contributed by atoms with E-state index in [2.05, 4.69) is 20.8 Å². The number of carbonyl (C=O) groups excluding carboxylic acids is 2. The lowest BCUT2D eigenvalue weighted by Gasteiger charge is -2.02. The number of nitrogens with one attached hydrogen (secondary N) is 3. The van der Waals surface area contributed by atoms with Crippen LogP contribution in [0.5, 0.6) is 0 Å². The molecule has 2 aromatic rings. The quantitative estimate of drug-likeness (QED) is 0.501. The number of hydrogen-bond acceptors (Lipinski definition) is 5. The number of aryl methyl sites for hydroxylation is 1. The lowest BCUT2D eigenvalue weighted by molar-refractivity contribution is 0.101. The molecule has 0 unspecified atom stereocenters. The molecule has 0 aliphatic rings. The summed E-state index contributed by atoms with van der Waals surface area (Å²) < 4.78 is 0. The van der Waals surface area contributed by atoms with Crippen LogP contribution in [0.1, 0.15) is 35.5 Å². The van der Waals surface area contributed by atoms with E-state index in [0.717, 1.165) is 34.6 Å². The minimum absolute atomic E-state index is 0.0378. The van der Waals surface area contributed by atoms with Crippen molar-refractivity contribution in [3.05, 3.63) is 22.2 Å². The Labute approximate surface area is 125 Å². The molecule has 112 valence electrons. The molecule has 8 heteroatoms. The maximum atomic E-state index is 11.8. The van der Waals surface area contributed by atoms with Crippen LogP contribution in [-0.4, -0.2) is 21.8 Å². The molecular formula is C13H17N5O2S. The summed E-state index contributed by atoms with van der Waals surface area (Å²) in [5.74, 6) is 0.0378. The largest absolute Gasteiger partial charge is 0.356 e. The van der Waals surface area contributed by atoms with E-state index in [0.29, 0.717) is 5.13 Å². The average molecular weight is 307 g/mol. The fraction of sp³-hybridized carbons (Fsp3) is 0.308. The number of H-pyrrole nitrogens is 1. The van der Waals surface area contributed by atoms with Crippen LogP contribution in [0.2, 0.25) is 0 Å². The summed E-state index contributed by atoms with van der Waals surface area (Å²) in [6.45, 7) is 5.43. The van der Waals surface area contributed by atoms with E-state index in [1.165, 1.54) is 11.3 Å². The zero-order chi connectivity index (χ0) is 15.6. The summed E-state index contributed by atoms with van der Waals surface area (Å²) >= 11 is 1.33. The van der Waals surface area contributed by atoms with Crippen molar-refractivity contribution in [3.63, 3.8) is 0 Å². The Hall–Kier alpha value is -2.35. The lowest BCUT2D eigenvalue weighted by atomic mass is 10.0. The van der Waals surface area contributed by atoms with Crippen LogP contribution < -0.4 is 16.6 Å². The molecule has 21 heavy (non-hydrogen) atoms. The van der Waals surface area contributed by atoms with E-state index in [1.807, 2.05) is 19.2 Å². The zero-order valence-corrected chi connectivity index (χ0v) is 12.9. The topological polar surface area (TPSA) is 113 Å². The van der Waals surface area contributed by atoms with Crippen LogP contribution in [0.25, 0.3) is 11.4 Å². The normalized spacial score (nSPS) is 10.4. The molecule has 0 atom stereocenters. The Morgan fingerprint density at radius 3 is 2.76 bits per heavy atom. The van der Waals surface area contributed by atoms with Crippen LogP contribution in [0.3, 0.4) is 0 Å². The molecule has 7 nitrogen and oxygen atoms in total. The number of rotatable bonds is 5. The predicted molar refractivity (Wildman–Crippen MR) is 82.4 cm³/mol. The van der Waals surface area contributed by atoms with Gasteiger partial charge in [0.15, 0.2) is 5.78 Å². The summed E-state index contributed by atoms with van der Waals surface area (Å²) in [5, 5.41) is 2.36. The number of Topliss-reactive ketones (excluding diaryl/α,β-unsaturated/α-hetero) is 1. The van der Waals surface area contributed by atoms with Gasteiger partial charge >= 0.3 is 6.03 Å². The maximum Gasteiger partial charge on any atom is 0.330 e. The highest BCUT2D eigenvalue weighted by Crippen LogP contribution is 2.31. The first-order valence-corrected chi connectivity index (χ1v) is 7.31. The summed E-state index contributed by atoms with van der Waals surface area (Å²) in [4.78, 5) is 30.0. The Morgan fingerprint density at radius 2 is 2.19 bits per heavy atom. The smallest absolute Gasteiger partial charge is 0.330 e. The second-order valence-corrected chi connectivity index (χ2v) is 5.40. The molecule has 5 N–H and O–H groups in total. The highest BCUT2D eigenvalue weighted by Gasteiger charge is 2.19. The number of primary amides is 1. The SMILES string of the molecule is CCc1c(-c2csc(NNC(N)=O)n2)[nH]c(C)c1C(C)=O. The van der Waals surface area contributed by atoms with Crippen molar-refractivity contribution in [1.29, 1.82) is 0 Å². The first-order chi connectivity index (χ1) is 9.93. The third-order valence-electron chi connectivity index (χ3n) is 3.05. The molecule has 0 radical (unpaired) electrons. The molecule has 0 aromatic carbocycles. The molecule has 2 amide bonds. The van der Waals surface area contributed by atoms with Crippen LogP contribution >= 0.6 is 11.3 Å². The Balaban J connectivity index is 2.36. The van der Waals surface area contributed by atoms with Crippen LogP contribution in [0.4, 0.5) is 9.93 Å². The molecule has 0 fully saturated rings. The highest BCUT2D eigenvalue weighted by molar-refractivity contribution is 7.14. The number of aromatic amines is 1. The van der Waals surface area contributed by atoms with Crippen molar-refractivity contribution in [3.8, 4) is 11.4 Å². The standard InChI is InChI=1S/C13H17N5O2S/c1-4-8-10(7(3)19)6(2)15-11(8)9-5-21-13(16-9)18-17-12(14)20/h5,15H,4H2,1-3H3,(H,16,18)(H3,14,17,20). The van der Waals surface area contributed by atoms with E-state index < -0.39 is 6.03 Å². The lowest BCUT2D eigenvalue weighted by Crippen LogP contribution is -2.34. The van der Waals surface area contributed by atoms with E-state index in [1.54, 1.807) is 6.92 Å². The van der Waals surface area contributed by atoms with Gasteiger partial charge in [0, 0.05) is 16.6 Å². The number of hydrogen-bond donors (Lipinski definition) is 4. The number of thiazole rings is 1. The molecule has 2 aromatic heterocycles. The van der Waals surface area contributed by atoms with Gasteiger partial charge in [-0.05, 0) is 25.8 Å². The zero-order valence-electron chi connectivity index (χ0n) is 12.0. The number of hydrazine groups is 1. The second-order valence-electron chi connectivity index (χ2n) is 4.54. The van der Waals surface area contributed by atoms with Crippen molar-refractivity contribution >= 4 is 28.3 Å². The van der Waals surface area contributed by atoms with Crippen molar-refractivity contribution in [1.82, 2.24) is 15.4 Å². The van der Waals surface area contributed by atoms with Gasteiger partial charge in [0.25, 0.3) is 0 Å². The van der Waals surface area contributed by atoms with Gasteiger partial charge in [-0.1, -0.05) is 6.92 Å². The highest BCUT2D eigenvalue weighted by atomic mass is 32.1. The van der Waals surface area contributed by atoms with Crippen LogP contribution in [0.15, 0.2) is 5.38 Å². The average Bonchev–Trinajstić information content (AvgIpc) is 2.99. The van der Waals surface area contributed by atoms with E-state index in [9.17, 15) is 9.59 Å². The van der Waals surface area contributed by atoms with Crippen LogP contribution in [-0.2, 0) is 6.42 Å². The van der Waals surface area contributed by atoms with Gasteiger partial charge < -0.3 is 10.7 Å². The Kier molecular flexibility index (Phi) is 4.27. The number of nitrogens with two attached hydrogens (primary N) is 1. The summed E-state index contributed by atoms with van der Waals surface area (Å²) in [5.41, 5.74) is 13.9. The van der Waals surface area contributed by atoms with E-state index in [-0.39, 0.29) is 5.78 Å². The molecule has 0 spiro atoms. The third kappa shape index (κ3) is 3.05. The van der Waals surface area contributed by atoms with E-state index >= 15 is 0 Å². The predicted octanol–water partition coefficient (Wildman–Crippen LogP) is 2.21. The molecule has 0 saturated carbocycles. The number of ketones is 1. The summed E-state index contributed by atoms with van der Waals surface area (Å²) in [6.07, 6.45) is 0.731. The molecule has 0 aliphatic heterocycles. The molecule has 0 saturated heterocycles. The number of aromatic nitrogens is 2. The molecular weight excluding hydrogens is 290 g/mol. The monoisotopic (exact) mass is 307 g/mol. The molecule has 0 bridgehead atoms. The number of urea groups is 1. The number of nitrogens with zero attached hydrogens (tertiary/aromatic N) is 1. The first-order valence-electron chi connectivity index (χ1n) is 6.43. The fourth-order valence-corrected chi connectivity index (χ4v) is 2.94. The van der Waals surface area contributed by atoms with Gasteiger partial charge in [-0.3, -0.25) is 10.2 Å². The summed E-state index contributed by atoms with van der Waals surface area (Å²) in [6, 6.07) is -0.685. The van der Waals surface area contributed by atoms with Crippen molar-refractivity contribution < 1.29 is 9.59 Å². The number of carbonyl (C=O) groups is 2. The van der Waals surface area contributed by atoms with Gasteiger partial charge in [0.05, 0.1) is 5.69 Å². The third-order valence-corrected chi connectivity index (χ3v) is 3.81. The van der Waals surface area contributed by atoms with Crippen molar-refractivity contribution in [2.45, 2.75) is 27.2 Å². The minimum Gasteiger partial charge on any atom is -0.356 e. The fourth-order valence-electron chi connectivity index (χ4n) is 2.29. The van der Waals surface area contributed by atoms with Gasteiger partial charge in [-0.25, -0.2) is 15.2 Å². The first kappa shape index (κ1) is 15.0. The van der Waals surface area contributed by atoms with Crippen molar-refractivity contribution in [2.75, 3.05) is 5.43 Å². The van der Waals surface area contributed by atoms with Crippen molar-refractivity contribution in [2.24, 2.45) is 5.73 Å². The molecule has 2 rings (SSSR count). The van der Waals surface area contributed by atoms with E-state index in [4.69, 9.17) is 5.73 Å². The second kappa shape index (κ2) is 5.96. The number of amides is 2. The minimum atomic E-state index is -0.685. The maximum absolute atomic E-state index is 11.8. The Bertz CT molecular complexity index is 689. The van der Waals surface area contributed by atoms with Gasteiger partial charge in [-0.2, -0.15) is 0 Å². The summed E-state index contributed by atoms with van der Waals surface area (Å²) in [7, 11) is 0. The molecule has 2 heterocycles.